The van der Waals surface area contributed by atoms with Gasteiger partial charge in [-0.2, -0.15) is 0 Å². The fourth-order valence-electron chi connectivity index (χ4n) is 3.08. The molecule has 1 fully saturated rings. The van der Waals surface area contributed by atoms with E-state index in [0.29, 0.717) is 18.0 Å². The van der Waals surface area contributed by atoms with Gasteiger partial charge in [-0.05, 0) is 19.4 Å². The Morgan fingerprint density at radius 2 is 1.96 bits per heavy atom. The zero-order valence-electron chi connectivity index (χ0n) is 15.0. The summed E-state index contributed by atoms with van der Waals surface area (Å²) in [5, 5.41) is 0.835. The highest BCUT2D eigenvalue weighted by atomic mass is 35.5. The van der Waals surface area contributed by atoms with E-state index in [1.54, 1.807) is 7.11 Å². The van der Waals surface area contributed by atoms with Crippen molar-refractivity contribution in [2.75, 3.05) is 20.2 Å². The molecule has 1 amide bonds. The summed E-state index contributed by atoms with van der Waals surface area (Å²) in [5.74, 6) is 0.203. The predicted molar refractivity (Wildman–Crippen MR) is 110 cm³/mol. The molecule has 8 heteroatoms. The molecule has 0 spiro atoms. The number of nitrogens with zero attached hydrogens (tertiary/aromatic N) is 2. The first-order valence-electron chi connectivity index (χ1n) is 8.11. The number of aromatic nitrogens is 1. The van der Waals surface area contributed by atoms with Crippen molar-refractivity contribution in [1.82, 2.24) is 9.88 Å². The Morgan fingerprint density at radius 1 is 1.31 bits per heavy atom. The molecule has 2 aromatic rings. The third kappa shape index (κ3) is 4.56. The van der Waals surface area contributed by atoms with Crippen molar-refractivity contribution in [2.45, 2.75) is 31.9 Å². The van der Waals surface area contributed by atoms with Crippen molar-refractivity contribution in [3.8, 4) is 0 Å². The van der Waals surface area contributed by atoms with Crippen LogP contribution in [0.1, 0.15) is 44.9 Å². The second kappa shape index (κ2) is 9.67. The molecule has 1 aliphatic heterocycles. The monoisotopic (exact) mass is 417 g/mol. The molecule has 0 saturated carbocycles. The van der Waals surface area contributed by atoms with Gasteiger partial charge in [0, 0.05) is 32.2 Å². The van der Waals surface area contributed by atoms with E-state index in [9.17, 15) is 4.79 Å². The molecular formula is C18H25Cl2N3O2S. The summed E-state index contributed by atoms with van der Waals surface area (Å²) in [4.78, 5) is 19.9. The van der Waals surface area contributed by atoms with E-state index in [1.165, 1.54) is 16.9 Å². The number of ether oxygens (including phenoxy) is 1. The number of benzene rings is 1. The van der Waals surface area contributed by atoms with Crippen LogP contribution < -0.4 is 5.73 Å². The van der Waals surface area contributed by atoms with Gasteiger partial charge in [-0.3, -0.25) is 4.79 Å². The Bertz CT molecular complexity index is 726. The maximum Gasteiger partial charge on any atom is 0.265 e. The normalized spacial score (nSPS) is 20.2. The number of rotatable bonds is 4. The average molecular weight is 418 g/mol. The third-order valence-corrected chi connectivity index (χ3v) is 5.90. The lowest BCUT2D eigenvalue weighted by Gasteiger charge is -2.16. The van der Waals surface area contributed by atoms with E-state index >= 15 is 0 Å². The number of carbonyl (C=O) groups is 1. The van der Waals surface area contributed by atoms with E-state index in [1.807, 2.05) is 36.9 Å². The largest absolute Gasteiger partial charge is 0.375 e. The molecular weight excluding hydrogens is 393 g/mol. The summed E-state index contributed by atoms with van der Waals surface area (Å²) < 4.78 is 5.30. The fourth-order valence-corrected chi connectivity index (χ4v) is 4.15. The van der Waals surface area contributed by atoms with Crippen LogP contribution in [-0.4, -0.2) is 42.0 Å². The lowest BCUT2D eigenvalue weighted by molar-refractivity contribution is 0.0793. The molecule has 0 aliphatic carbocycles. The first kappa shape index (κ1) is 22.9. The number of halogens is 2. The number of hydrogen-bond acceptors (Lipinski definition) is 5. The fraction of sp³-hybridized carbons (Fsp3) is 0.444. The number of methoxy groups -OCH3 is 1. The van der Waals surface area contributed by atoms with Crippen molar-refractivity contribution in [3.63, 3.8) is 0 Å². The first-order chi connectivity index (χ1) is 11.5. The number of amides is 1. The van der Waals surface area contributed by atoms with E-state index in [0.717, 1.165) is 10.7 Å². The van der Waals surface area contributed by atoms with E-state index in [-0.39, 0.29) is 48.8 Å². The molecule has 2 N–H and O–H groups in total. The first-order valence-corrected chi connectivity index (χ1v) is 8.92. The Balaban J connectivity index is 0.00000169. The number of likely N-dealkylation sites (tertiary alicyclic amines) is 1. The van der Waals surface area contributed by atoms with Crippen molar-refractivity contribution < 1.29 is 9.53 Å². The topological polar surface area (TPSA) is 68.5 Å². The SMILES string of the molecule is COC(C)c1nc(C)c(C(=O)N2C[C@@H](N)[C@H](c3ccccc3)C2)s1.Cl.Cl. The van der Waals surface area contributed by atoms with Crippen LogP contribution in [0.15, 0.2) is 30.3 Å². The van der Waals surface area contributed by atoms with Gasteiger partial charge in [-0.15, -0.1) is 36.2 Å². The molecule has 1 unspecified atom stereocenters. The molecule has 3 rings (SSSR count). The minimum atomic E-state index is -0.104. The summed E-state index contributed by atoms with van der Waals surface area (Å²) in [6.45, 7) is 5.03. The smallest absolute Gasteiger partial charge is 0.265 e. The summed E-state index contributed by atoms with van der Waals surface area (Å²) in [6.07, 6.45) is -0.104. The van der Waals surface area contributed by atoms with Gasteiger partial charge in [0.05, 0.1) is 5.69 Å². The van der Waals surface area contributed by atoms with Gasteiger partial charge in [0.15, 0.2) is 0 Å². The quantitative estimate of drug-likeness (QED) is 0.825. The van der Waals surface area contributed by atoms with Crippen LogP contribution in [0.4, 0.5) is 0 Å². The molecule has 1 aromatic heterocycles. The van der Waals surface area contributed by atoms with Crippen LogP contribution in [0, 0.1) is 6.92 Å². The molecule has 3 atom stereocenters. The lowest BCUT2D eigenvalue weighted by atomic mass is 9.95. The Kier molecular flexibility index (Phi) is 8.50. The van der Waals surface area contributed by atoms with Gasteiger partial charge in [0.25, 0.3) is 5.91 Å². The molecule has 0 bridgehead atoms. The molecule has 144 valence electrons. The van der Waals surface area contributed by atoms with Crippen LogP contribution >= 0.6 is 36.2 Å². The number of nitrogens with two attached hydrogens (primary N) is 1. The molecule has 5 nitrogen and oxygen atoms in total. The van der Waals surface area contributed by atoms with Crippen molar-refractivity contribution >= 4 is 42.1 Å². The molecule has 1 saturated heterocycles. The number of hydrogen-bond donors (Lipinski definition) is 1. The van der Waals surface area contributed by atoms with Gasteiger partial charge >= 0.3 is 0 Å². The standard InChI is InChI=1S/C18H23N3O2S.2ClH/c1-11-16(24-17(20-11)12(2)23-3)18(22)21-9-14(15(19)10-21)13-7-5-4-6-8-13;;/h4-8,12,14-15H,9-10,19H2,1-3H3;2*1H/t12?,14-,15+;;/m0../s1. The van der Waals surface area contributed by atoms with Gasteiger partial charge in [0.2, 0.25) is 0 Å². The minimum Gasteiger partial charge on any atom is -0.375 e. The van der Waals surface area contributed by atoms with Crippen LogP contribution in [0.25, 0.3) is 0 Å². The molecule has 0 radical (unpaired) electrons. The van der Waals surface area contributed by atoms with E-state index < -0.39 is 0 Å². The Hall–Kier alpha value is -1.18. The number of carbonyl (C=O) groups excluding carboxylic acids is 1. The van der Waals surface area contributed by atoms with Crippen LogP contribution in [0.2, 0.25) is 0 Å². The Labute approximate surface area is 170 Å². The number of thiazole rings is 1. The highest BCUT2D eigenvalue weighted by Gasteiger charge is 2.35. The molecule has 1 aromatic carbocycles. The van der Waals surface area contributed by atoms with Gasteiger partial charge in [-0.25, -0.2) is 4.98 Å². The zero-order chi connectivity index (χ0) is 17.3. The Morgan fingerprint density at radius 3 is 2.58 bits per heavy atom. The maximum absolute atomic E-state index is 12.9. The van der Waals surface area contributed by atoms with Crippen LogP contribution in [0.5, 0.6) is 0 Å². The van der Waals surface area contributed by atoms with Gasteiger partial charge < -0.3 is 15.4 Å². The van der Waals surface area contributed by atoms with Crippen LogP contribution in [-0.2, 0) is 4.74 Å². The second-order valence-electron chi connectivity index (χ2n) is 6.24. The summed E-state index contributed by atoms with van der Waals surface area (Å²) >= 11 is 1.42. The third-order valence-electron chi connectivity index (χ3n) is 4.59. The predicted octanol–water partition coefficient (Wildman–Crippen LogP) is 3.57. The van der Waals surface area contributed by atoms with Gasteiger partial charge in [-0.1, -0.05) is 30.3 Å². The number of aryl methyl sites for hydroxylation is 1. The highest BCUT2D eigenvalue weighted by Crippen LogP contribution is 2.31. The molecule has 2 heterocycles. The van der Waals surface area contributed by atoms with E-state index in [4.69, 9.17) is 10.5 Å². The van der Waals surface area contributed by atoms with Crippen molar-refractivity contribution in [3.05, 3.63) is 51.5 Å². The zero-order valence-corrected chi connectivity index (χ0v) is 17.5. The summed E-state index contributed by atoms with van der Waals surface area (Å²) in [5.41, 5.74) is 8.26. The summed E-state index contributed by atoms with van der Waals surface area (Å²) in [6, 6.07) is 10.1. The van der Waals surface area contributed by atoms with Gasteiger partial charge in [0.1, 0.15) is 16.0 Å². The molecule has 1 aliphatic rings. The van der Waals surface area contributed by atoms with Crippen molar-refractivity contribution in [1.29, 1.82) is 0 Å². The molecule has 26 heavy (non-hydrogen) atoms. The van der Waals surface area contributed by atoms with Crippen LogP contribution in [0.3, 0.4) is 0 Å². The highest BCUT2D eigenvalue weighted by molar-refractivity contribution is 7.13. The maximum atomic E-state index is 12.9. The average Bonchev–Trinajstić information content (AvgIpc) is 3.17. The van der Waals surface area contributed by atoms with E-state index in [2.05, 4.69) is 17.1 Å². The minimum absolute atomic E-state index is 0. The van der Waals surface area contributed by atoms with Crippen molar-refractivity contribution in [2.24, 2.45) is 5.73 Å². The summed E-state index contributed by atoms with van der Waals surface area (Å²) in [7, 11) is 1.65. The second-order valence-corrected chi connectivity index (χ2v) is 7.27. The lowest BCUT2D eigenvalue weighted by Crippen LogP contribution is -2.32.